The first kappa shape index (κ1) is 14.1. The summed E-state index contributed by atoms with van der Waals surface area (Å²) in [5, 5.41) is 9.07. The zero-order valence-electron chi connectivity index (χ0n) is 11.3. The number of aromatic carboxylic acids is 1. The molecule has 104 valence electrons. The van der Waals surface area contributed by atoms with Gasteiger partial charge in [-0.05, 0) is 24.6 Å². The number of carboxylic acid groups (broad SMARTS) is 1. The normalized spacial score (nSPS) is 18.9. The lowest BCUT2D eigenvalue weighted by Crippen LogP contribution is -2.27. The molecule has 0 aliphatic carbocycles. The van der Waals surface area contributed by atoms with Crippen LogP contribution in [-0.2, 0) is 0 Å². The fraction of sp³-hybridized carbons (Fsp3) is 0.500. The predicted molar refractivity (Wildman–Crippen MR) is 81.2 cm³/mol. The van der Waals surface area contributed by atoms with E-state index in [0.29, 0.717) is 11.3 Å². The zero-order chi connectivity index (χ0) is 14.0. The number of hydrogen-bond acceptors (Lipinski definition) is 4. The van der Waals surface area contributed by atoms with Gasteiger partial charge in [-0.25, -0.2) is 4.79 Å². The Labute approximate surface area is 118 Å². The number of nitrogens with zero attached hydrogens (tertiary/aromatic N) is 1. The third-order valence-electron chi connectivity index (χ3n) is 3.46. The van der Waals surface area contributed by atoms with E-state index in [-0.39, 0.29) is 4.75 Å². The summed E-state index contributed by atoms with van der Waals surface area (Å²) in [4.78, 5) is 13.3. The second-order valence-electron chi connectivity index (χ2n) is 5.42. The summed E-state index contributed by atoms with van der Waals surface area (Å²) in [6, 6.07) is 4.92. The summed E-state index contributed by atoms with van der Waals surface area (Å²) >= 11 is 1.96. The maximum absolute atomic E-state index is 11.1. The number of carbonyl (C=O) groups is 1. The van der Waals surface area contributed by atoms with Gasteiger partial charge in [0.15, 0.2) is 0 Å². The topological polar surface area (TPSA) is 66.6 Å². The van der Waals surface area contributed by atoms with E-state index in [4.69, 9.17) is 10.8 Å². The highest BCUT2D eigenvalue weighted by atomic mass is 32.2. The quantitative estimate of drug-likeness (QED) is 0.815. The van der Waals surface area contributed by atoms with Crippen molar-refractivity contribution in [3.8, 4) is 0 Å². The second kappa shape index (κ2) is 5.33. The van der Waals surface area contributed by atoms with Crippen molar-refractivity contribution in [2.24, 2.45) is 0 Å². The van der Waals surface area contributed by atoms with Gasteiger partial charge >= 0.3 is 5.97 Å². The van der Waals surface area contributed by atoms with Crippen LogP contribution in [0.15, 0.2) is 18.2 Å². The molecule has 2 rings (SSSR count). The molecule has 0 amide bonds. The molecule has 1 aliphatic rings. The van der Waals surface area contributed by atoms with Crippen LogP contribution in [0.1, 0.15) is 30.6 Å². The van der Waals surface area contributed by atoms with Crippen LogP contribution in [0.25, 0.3) is 0 Å². The van der Waals surface area contributed by atoms with Crippen LogP contribution in [0, 0.1) is 0 Å². The molecule has 0 radical (unpaired) electrons. The van der Waals surface area contributed by atoms with Gasteiger partial charge in [0.05, 0.1) is 16.9 Å². The van der Waals surface area contributed by atoms with Crippen molar-refractivity contribution in [2.75, 3.05) is 29.5 Å². The highest BCUT2D eigenvalue weighted by molar-refractivity contribution is 8.00. The van der Waals surface area contributed by atoms with Crippen LogP contribution in [0.2, 0.25) is 0 Å². The molecule has 1 aromatic carbocycles. The largest absolute Gasteiger partial charge is 0.478 e. The van der Waals surface area contributed by atoms with Crippen LogP contribution in [0.4, 0.5) is 11.4 Å². The second-order valence-corrected chi connectivity index (χ2v) is 7.23. The van der Waals surface area contributed by atoms with Crippen molar-refractivity contribution in [1.29, 1.82) is 0 Å². The van der Waals surface area contributed by atoms with Crippen LogP contribution in [-0.4, -0.2) is 34.7 Å². The van der Waals surface area contributed by atoms with Gasteiger partial charge in [-0.1, -0.05) is 13.8 Å². The van der Waals surface area contributed by atoms with Crippen molar-refractivity contribution in [1.82, 2.24) is 0 Å². The average Bonchev–Trinajstić information content (AvgIpc) is 2.51. The van der Waals surface area contributed by atoms with Crippen molar-refractivity contribution in [3.63, 3.8) is 0 Å². The summed E-state index contributed by atoms with van der Waals surface area (Å²) in [6.45, 7) is 6.31. The van der Waals surface area contributed by atoms with Crippen LogP contribution in [0.3, 0.4) is 0 Å². The number of nitrogen functional groups attached to an aromatic ring is 1. The lowest BCUT2D eigenvalue weighted by molar-refractivity contribution is 0.0697. The Bertz CT molecular complexity index is 488. The number of rotatable bonds is 2. The van der Waals surface area contributed by atoms with E-state index in [0.717, 1.165) is 31.0 Å². The molecule has 1 aliphatic heterocycles. The number of hydrogen-bond donors (Lipinski definition) is 2. The molecular formula is C14H20N2O2S. The van der Waals surface area contributed by atoms with Crippen molar-refractivity contribution in [2.45, 2.75) is 25.0 Å². The summed E-state index contributed by atoms with van der Waals surface area (Å²) in [7, 11) is 0. The highest BCUT2D eigenvalue weighted by Gasteiger charge is 2.24. The predicted octanol–water partition coefficient (Wildman–Crippen LogP) is 2.69. The third-order valence-corrected chi connectivity index (χ3v) is 4.83. The lowest BCUT2D eigenvalue weighted by Gasteiger charge is -2.25. The molecule has 1 heterocycles. The number of anilines is 2. The summed E-state index contributed by atoms with van der Waals surface area (Å²) < 4.78 is 0.272. The van der Waals surface area contributed by atoms with Crippen LogP contribution < -0.4 is 10.6 Å². The van der Waals surface area contributed by atoms with E-state index in [1.165, 1.54) is 0 Å². The van der Waals surface area contributed by atoms with Gasteiger partial charge in [0.2, 0.25) is 0 Å². The fourth-order valence-electron chi connectivity index (χ4n) is 2.21. The number of thioether (sulfide) groups is 1. The lowest BCUT2D eigenvalue weighted by atomic mass is 10.1. The molecule has 1 saturated heterocycles. The van der Waals surface area contributed by atoms with E-state index < -0.39 is 5.97 Å². The maximum atomic E-state index is 11.1. The Morgan fingerprint density at radius 3 is 2.84 bits per heavy atom. The Hall–Kier alpha value is -1.36. The zero-order valence-corrected chi connectivity index (χ0v) is 12.2. The number of nitrogens with two attached hydrogens (primary N) is 1. The number of benzene rings is 1. The molecule has 0 aromatic heterocycles. The monoisotopic (exact) mass is 280 g/mol. The van der Waals surface area contributed by atoms with E-state index in [9.17, 15) is 4.79 Å². The van der Waals surface area contributed by atoms with Crippen molar-refractivity contribution >= 4 is 29.1 Å². The average molecular weight is 280 g/mol. The molecule has 4 nitrogen and oxygen atoms in total. The van der Waals surface area contributed by atoms with Gasteiger partial charge in [0.1, 0.15) is 0 Å². The Kier molecular flexibility index (Phi) is 3.94. The third kappa shape index (κ3) is 3.35. The van der Waals surface area contributed by atoms with Crippen molar-refractivity contribution in [3.05, 3.63) is 23.8 Å². The van der Waals surface area contributed by atoms with E-state index in [1.54, 1.807) is 18.2 Å². The first-order valence-corrected chi connectivity index (χ1v) is 7.39. The molecule has 5 heteroatoms. The maximum Gasteiger partial charge on any atom is 0.335 e. The molecule has 1 aromatic rings. The molecule has 3 N–H and O–H groups in total. The van der Waals surface area contributed by atoms with Crippen LogP contribution >= 0.6 is 11.8 Å². The minimum Gasteiger partial charge on any atom is -0.478 e. The van der Waals surface area contributed by atoms with Gasteiger partial charge in [-0.2, -0.15) is 11.8 Å². The van der Waals surface area contributed by atoms with Crippen molar-refractivity contribution < 1.29 is 9.90 Å². The number of carboxylic acids is 1. The summed E-state index contributed by atoms with van der Waals surface area (Å²) in [6.07, 6.45) is 1.06. The standard InChI is InChI=1S/C14H20N2O2S/c1-14(2)5-6-16(7-8-19-14)12-9-10(13(17)18)3-4-11(12)15/h3-4,9H,5-8,15H2,1-2H3,(H,17,18). The molecule has 0 spiro atoms. The first-order chi connectivity index (χ1) is 8.89. The fourth-order valence-corrected chi connectivity index (χ4v) is 3.31. The summed E-state index contributed by atoms with van der Waals surface area (Å²) in [5.41, 5.74) is 7.78. The van der Waals surface area contributed by atoms with Gasteiger partial charge in [-0.3, -0.25) is 0 Å². The minimum absolute atomic E-state index is 0.272. The molecule has 0 saturated carbocycles. The minimum atomic E-state index is -0.911. The molecule has 0 unspecified atom stereocenters. The molecule has 0 bridgehead atoms. The molecular weight excluding hydrogens is 260 g/mol. The molecule has 0 atom stereocenters. The van der Waals surface area contributed by atoms with E-state index in [1.807, 2.05) is 11.8 Å². The highest BCUT2D eigenvalue weighted by Crippen LogP contribution is 2.34. The SMILES string of the molecule is CC1(C)CCN(c2cc(C(=O)O)ccc2N)CCS1. The van der Waals surface area contributed by atoms with Gasteiger partial charge < -0.3 is 15.7 Å². The molecule has 19 heavy (non-hydrogen) atoms. The smallest absolute Gasteiger partial charge is 0.335 e. The van der Waals surface area contributed by atoms with E-state index in [2.05, 4.69) is 18.7 Å². The Balaban J connectivity index is 2.25. The Morgan fingerprint density at radius 1 is 1.42 bits per heavy atom. The first-order valence-electron chi connectivity index (χ1n) is 6.41. The summed E-state index contributed by atoms with van der Waals surface area (Å²) in [5.74, 6) is 0.120. The molecule has 1 fully saturated rings. The van der Waals surface area contributed by atoms with E-state index >= 15 is 0 Å². The van der Waals surface area contributed by atoms with Gasteiger partial charge in [0.25, 0.3) is 0 Å². The van der Waals surface area contributed by atoms with Gasteiger partial charge in [0, 0.05) is 23.6 Å². The van der Waals surface area contributed by atoms with Gasteiger partial charge in [-0.15, -0.1) is 0 Å². The Morgan fingerprint density at radius 2 is 2.16 bits per heavy atom. The van der Waals surface area contributed by atoms with Crippen LogP contribution in [0.5, 0.6) is 0 Å².